The third kappa shape index (κ3) is 2.62. The van der Waals surface area contributed by atoms with Crippen LogP contribution >= 0.6 is 15.9 Å². The number of alkyl halides is 6. The van der Waals surface area contributed by atoms with E-state index in [-0.39, 0.29) is 6.54 Å². The van der Waals surface area contributed by atoms with Gasteiger partial charge >= 0.3 is 12.8 Å². The van der Waals surface area contributed by atoms with Gasteiger partial charge in [0.15, 0.2) is 11.3 Å². The van der Waals surface area contributed by atoms with Crippen molar-refractivity contribution in [2.75, 3.05) is 18.9 Å². The summed E-state index contributed by atoms with van der Waals surface area (Å²) in [5.74, 6) is 0. The fourth-order valence-electron chi connectivity index (χ4n) is 1.46. The fourth-order valence-corrected chi connectivity index (χ4v) is 2.03. The van der Waals surface area contributed by atoms with Gasteiger partial charge < -0.3 is 4.74 Å². The molecule has 0 aromatic carbocycles. The van der Waals surface area contributed by atoms with Gasteiger partial charge in [0.05, 0.1) is 6.54 Å². The lowest BCUT2D eigenvalue weighted by molar-refractivity contribution is -0.183. The topological polar surface area (TPSA) is 24.8 Å². The molecule has 1 heterocycles. The van der Waals surface area contributed by atoms with Gasteiger partial charge in [-0.2, -0.15) is 27.1 Å². The van der Waals surface area contributed by atoms with Gasteiger partial charge in [-0.15, -0.1) is 0 Å². The maximum atomic E-state index is 12.6. The van der Waals surface area contributed by atoms with Gasteiger partial charge in [-0.25, -0.2) is 0 Å². The molecule has 0 fully saturated rings. The molecule has 0 radical (unpaired) electrons. The SMILES string of the molecule is CN1CC(CBr)(OC(F)F)C(C(F)(F)F)=N1. The maximum Gasteiger partial charge on any atom is 0.434 e. The molecule has 0 amide bonds. The second kappa shape index (κ2) is 4.44. The minimum Gasteiger partial charge on any atom is -0.307 e. The lowest BCUT2D eigenvalue weighted by atomic mass is 10.0. The van der Waals surface area contributed by atoms with E-state index in [9.17, 15) is 22.0 Å². The van der Waals surface area contributed by atoms with Crippen molar-refractivity contribution in [1.82, 2.24) is 5.01 Å². The van der Waals surface area contributed by atoms with Crippen LogP contribution in [0.25, 0.3) is 0 Å². The maximum absolute atomic E-state index is 12.6. The Kier molecular flexibility index (Phi) is 3.78. The first kappa shape index (κ1) is 13.6. The molecule has 1 unspecified atom stereocenters. The van der Waals surface area contributed by atoms with Crippen molar-refractivity contribution in [2.24, 2.45) is 5.10 Å². The average Bonchev–Trinajstić information content (AvgIpc) is 2.41. The molecule has 1 rings (SSSR count). The van der Waals surface area contributed by atoms with Gasteiger partial charge in [0, 0.05) is 12.4 Å². The van der Waals surface area contributed by atoms with E-state index in [1.165, 1.54) is 7.05 Å². The van der Waals surface area contributed by atoms with Gasteiger partial charge in [-0.05, 0) is 0 Å². The molecular formula is C7H8BrF5N2O. The number of hydrogen-bond acceptors (Lipinski definition) is 3. The van der Waals surface area contributed by atoms with Crippen LogP contribution in [-0.4, -0.2) is 48.0 Å². The molecule has 0 bridgehead atoms. The first-order valence-corrected chi connectivity index (χ1v) is 5.23. The van der Waals surface area contributed by atoms with Crippen LogP contribution in [0.15, 0.2) is 5.10 Å². The number of halogens is 6. The van der Waals surface area contributed by atoms with E-state index in [1.807, 2.05) is 0 Å². The Balaban J connectivity index is 3.05. The highest BCUT2D eigenvalue weighted by Crippen LogP contribution is 2.35. The number of hydrazone groups is 1. The second-order valence-corrected chi connectivity index (χ2v) is 3.83. The molecule has 0 aromatic heterocycles. The van der Waals surface area contributed by atoms with Crippen LogP contribution in [0.3, 0.4) is 0 Å². The molecule has 1 aliphatic heterocycles. The molecule has 16 heavy (non-hydrogen) atoms. The van der Waals surface area contributed by atoms with E-state index in [0.29, 0.717) is 0 Å². The minimum atomic E-state index is -4.80. The zero-order valence-electron chi connectivity index (χ0n) is 8.06. The summed E-state index contributed by atoms with van der Waals surface area (Å²) < 4.78 is 66.0. The Morgan fingerprint density at radius 3 is 2.50 bits per heavy atom. The van der Waals surface area contributed by atoms with Crippen molar-refractivity contribution in [3.8, 4) is 0 Å². The molecule has 94 valence electrons. The second-order valence-electron chi connectivity index (χ2n) is 3.27. The summed E-state index contributed by atoms with van der Waals surface area (Å²) in [5.41, 5.74) is -3.50. The van der Waals surface area contributed by atoms with Gasteiger partial charge in [0.1, 0.15) is 0 Å². The molecular weight excluding hydrogens is 303 g/mol. The largest absolute Gasteiger partial charge is 0.434 e. The molecule has 0 aliphatic carbocycles. The molecule has 0 saturated heterocycles. The van der Waals surface area contributed by atoms with E-state index >= 15 is 0 Å². The van der Waals surface area contributed by atoms with Gasteiger partial charge in [0.2, 0.25) is 0 Å². The van der Waals surface area contributed by atoms with Crippen LogP contribution in [0.2, 0.25) is 0 Å². The highest BCUT2D eigenvalue weighted by atomic mass is 79.9. The van der Waals surface area contributed by atoms with Crippen LogP contribution in [0.5, 0.6) is 0 Å². The van der Waals surface area contributed by atoms with Crippen molar-refractivity contribution < 1.29 is 26.7 Å². The Labute approximate surface area is 96.4 Å². The molecule has 9 heteroatoms. The van der Waals surface area contributed by atoms with Crippen LogP contribution < -0.4 is 0 Å². The smallest absolute Gasteiger partial charge is 0.307 e. The Morgan fingerprint density at radius 2 is 2.12 bits per heavy atom. The lowest BCUT2D eigenvalue weighted by Gasteiger charge is -2.28. The standard InChI is InChI=1S/C7H8BrF5N2O/c1-15-3-6(2-8,16-5(9)10)4(14-15)7(11,12)13/h5H,2-3H2,1H3. The van der Waals surface area contributed by atoms with Crippen molar-refractivity contribution in [3.05, 3.63) is 0 Å². The van der Waals surface area contributed by atoms with Gasteiger partial charge in [-0.1, -0.05) is 15.9 Å². The highest BCUT2D eigenvalue weighted by molar-refractivity contribution is 9.09. The predicted octanol–water partition coefficient (Wildman–Crippen LogP) is 2.22. The minimum absolute atomic E-state index is 0.378. The van der Waals surface area contributed by atoms with E-state index in [4.69, 9.17) is 0 Å². The van der Waals surface area contributed by atoms with Crippen molar-refractivity contribution in [3.63, 3.8) is 0 Å². The van der Waals surface area contributed by atoms with E-state index in [0.717, 1.165) is 5.01 Å². The molecule has 1 aliphatic rings. The normalized spacial score (nSPS) is 26.5. The Hall–Kier alpha value is -0.440. The first-order valence-electron chi connectivity index (χ1n) is 4.10. The highest BCUT2D eigenvalue weighted by Gasteiger charge is 2.56. The summed E-state index contributed by atoms with van der Waals surface area (Å²) in [6.45, 7) is -3.67. The monoisotopic (exact) mass is 310 g/mol. The molecule has 1 atom stereocenters. The quantitative estimate of drug-likeness (QED) is 0.590. The number of nitrogens with zero attached hydrogens (tertiary/aromatic N) is 2. The molecule has 0 saturated carbocycles. The zero-order chi connectivity index (χ0) is 12.6. The zero-order valence-corrected chi connectivity index (χ0v) is 9.65. The molecule has 0 aromatic rings. The summed E-state index contributed by atoms with van der Waals surface area (Å²) in [7, 11) is 1.25. The summed E-state index contributed by atoms with van der Waals surface area (Å²) in [6.07, 6.45) is -4.80. The number of rotatable bonds is 3. The van der Waals surface area contributed by atoms with Crippen molar-refractivity contribution >= 4 is 21.6 Å². The molecule has 0 N–H and O–H groups in total. The van der Waals surface area contributed by atoms with Crippen molar-refractivity contribution in [2.45, 2.75) is 18.4 Å². The lowest BCUT2D eigenvalue weighted by Crippen LogP contribution is -2.52. The third-order valence-electron chi connectivity index (χ3n) is 1.99. The third-order valence-corrected chi connectivity index (χ3v) is 2.89. The number of ether oxygens (including phenoxy) is 1. The predicted molar refractivity (Wildman–Crippen MR) is 49.7 cm³/mol. The van der Waals surface area contributed by atoms with E-state index in [2.05, 4.69) is 25.8 Å². The number of likely N-dealkylation sites (N-methyl/N-ethyl adjacent to an activating group) is 1. The van der Waals surface area contributed by atoms with Gasteiger partial charge in [0.25, 0.3) is 0 Å². The van der Waals surface area contributed by atoms with Crippen LogP contribution in [0.4, 0.5) is 22.0 Å². The van der Waals surface area contributed by atoms with Crippen LogP contribution in [0.1, 0.15) is 0 Å². The van der Waals surface area contributed by atoms with Crippen LogP contribution in [0, 0.1) is 0 Å². The van der Waals surface area contributed by atoms with E-state index in [1.54, 1.807) is 0 Å². The Morgan fingerprint density at radius 1 is 1.56 bits per heavy atom. The fraction of sp³-hybridized carbons (Fsp3) is 0.857. The molecule has 0 spiro atoms. The average molecular weight is 311 g/mol. The first-order chi connectivity index (χ1) is 7.21. The Bertz CT molecular complexity index is 295. The summed E-state index contributed by atoms with van der Waals surface area (Å²) >= 11 is 2.76. The van der Waals surface area contributed by atoms with Crippen molar-refractivity contribution in [1.29, 1.82) is 0 Å². The molecule has 3 nitrogen and oxygen atoms in total. The summed E-state index contributed by atoms with van der Waals surface area (Å²) in [4.78, 5) is 0. The number of hydrogen-bond donors (Lipinski definition) is 0. The van der Waals surface area contributed by atoms with Gasteiger partial charge in [-0.3, -0.25) is 5.01 Å². The van der Waals surface area contributed by atoms with E-state index < -0.39 is 29.4 Å². The summed E-state index contributed by atoms with van der Waals surface area (Å²) in [6, 6.07) is 0. The summed E-state index contributed by atoms with van der Waals surface area (Å²) in [5, 5.41) is 3.69. The van der Waals surface area contributed by atoms with Crippen LogP contribution in [-0.2, 0) is 4.74 Å².